The van der Waals surface area contributed by atoms with Crippen LogP contribution >= 0.6 is 23.4 Å². The van der Waals surface area contributed by atoms with Crippen LogP contribution in [-0.2, 0) is 12.3 Å². The Kier molecular flexibility index (Phi) is 6.57. The Morgan fingerprint density at radius 1 is 1.14 bits per heavy atom. The van der Waals surface area contributed by atoms with Crippen molar-refractivity contribution in [2.75, 3.05) is 0 Å². The fourth-order valence-electron chi connectivity index (χ4n) is 3.56. The van der Waals surface area contributed by atoms with Crippen molar-refractivity contribution in [3.63, 3.8) is 0 Å². The average Bonchev–Trinajstić information content (AvgIpc) is 3.38. The van der Waals surface area contributed by atoms with Crippen LogP contribution in [0, 0.1) is 0 Å². The molecule has 1 heterocycles. The van der Waals surface area contributed by atoms with Gasteiger partial charge in [0.05, 0.1) is 6.10 Å². The van der Waals surface area contributed by atoms with Crippen molar-refractivity contribution in [1.29, 1.82) is 0 Å². The van der Waals surface area contributed by atoms with E-state index in [0.29, 0.717) is 12.6 Å². The third kappa shape index (κ3) is 5.03. The zero-order chi connectivity index (χ0) is 20.1. The predicted molar refractivity (Wildman–Crippen MR) is 120 cm³/mol. The fourth-order valence-corrected chi connectivity index (χ4v) is 4.66. The Labute approximate surface area is 181 Å². The van der Waals surface area contributed by atoms with Gasteiger partial charge in [-0.15, -0.1) is 16.8 Å². The molecule has 1 saturated carbocycles. The molecule has 0 bridgehead atoms. The highest BCUT2D eigenvalue weighted by Crippen LogP contribution is 2.29. The number of thioether (sulfide) groups is 1. The van der Waals surface area contributed by atoms with E-state index in [1.807, 2.05) is 36.4 Å². The van der Waals surface area contributed by atoms with Crippen molar-refractivity contribution >= 4 is 23.4 Å². The van der Waals surface area contributed by atoms with E-state index in [1.54, 1.807) is 11.8 Å². The normalized spacial score (nSPS) is 14.2. The lowest BCUT2D eigenvalue weighted by molar-refractivity contribution is 0.210. The van der Waals surface area contributed by atoms with E-state index in [9.17, 15) is 0 Å². The summed E-state index contributed by atoms with van der Waals surface area (Å²) in [7, 11) is 0. The molecule has 0 amide bonds. The first-order valence-electron chi connectivity index (χ1n) is 9.91. The molecule has 3 aromatic rings. The number of benzene rings is 2. The van der Waals surface area contributed by atoms with Crippen molar-refractivity contribution in [1.82, 2.24) is 14.8 Å². The largest absolute Gasteiger partial charge is 0.490 e. The SMILES string of the molecule is C=CCn1c(SCc2cccc(Cl)c2)nnc1-c1ccc(OC2CCCC2)cc1. The molecule has 1 aliphatic carbocycles. The van der Waals surface area contributed by atoms with Gasteiger partial charge < -0.3 is 4.74 Å². The molecule has 0 spiro atoms. The van der Waals surface area contributed by atoms with Crippen LogP contribution in [0.3, 0.4) is 0 Å². The van der Waals surface area contributed by atoms with Crippen LogP contribution in [0.1, 0.15) is 31.2 Å². The number of hydrogen-bond donors (Lipinski definition) is 0. The minimum Gasteiger partial charge on any atom is -0.490 e. The van der Waals surface area contributed by atoms with E-state index in [4.69, 9.17) is 16.3 Å². The summed E-state index contributed by atoms with van der Waals surface area (Å²) in [5.41, 5.74) is 2.18. The van der Waals surface area contributed by atoms with E-state index in [1.165, 1.54) is 12.8 Å². The third-order valence-corrected chi connectivity index (χ3v) is 6.28. The number of rotatable bonds is 8. The van der Waals surface area contributed by atoms with Crippen LogP contribution in [0.25, 0.3) is 11.4 Å². The standard InChI is InChI=1S/C23H24ClN3OS/c1-2-14-27-22(18-10-12-21(13-11-18)28-20-8-3-4-9-20)25-26-23(27)29-16-17-6-5-7-19(24)15-17/h2,5-7,10-13,15,20H,1,3-4,8-9,14,16H2. The summed E-state index contributed by atoms with van der Waals surface area (Å²) in [6, 6.07) is 16.1. The maximum Gasteiger partial charge on any atom is 0.192 e. The van der Waals surface area contributed by atoms with Crippen molar-refractivity contribution in [2.45, 2.75) is 49.2 Å². The van der Waals surface area contributed by atoms with Gasteiger partial charge in [-0.05, 0) is 67.6 Å². The Hall–Kier alpha value is -2.24. The lowest BCUT2D eigenvalue weighted by Crippen LogP contribution is -2.10. The number of allylic oxidation sites excluding steroid dienone is 1. The Morgan fingerprint density at radius 2 is 1.93 bits per heavy atom. The van der Waals surface area contributed by atoms with E-state index in [2.05, 4.69) is 39.5 Å². The molecule has 1 aliphatic rings. The molecular weight excluding hydrogens is 402 g/mol. The molecule has 6 heteroatoms. The van der Waals surface area contributed by atoms with Crippen molar-refractivity contribution in [2.24, 2.45) is 0 Å². The first kappa shape index (κ1) is 20.0. The number of halogens is 1. The molecule has 150 valence electrons. The van der Waals surface area contributed by atoms with Crippen LogP contribution in [0.4, 0.5) is 0 Å². The topological polar surface area (TPSA) is 39.9 Å². The molecule has 0 saturated heterocycles. The Morgan fingerprint density at radius 3 is 2.66 bits per heavy atom. The minimum atomic E-state index is 0.361. The second kappa shape index (κ2) is 9.51. The van der Waals surface area contributed by atoms with Crippen LogP contribution in [0.2, 0.25) is 5.02 Å². The first-order valence-corrected chi connectivity index (χ1v) is 11.3. The van der Waals surface area contributed by atoms with Gasteiger partial charge in [-0.3, -0.25) is 4.57 Å². The van der Waals surface area contributed by atoms with Gasteiger partial charge in [0.15, 0.2) is 11.0 Å². The van der Waals surface area contributed by atoms with Gasteiger partial charge in [-0.1, -0.05) is 41.6 Å². The lowest BCUT2D eigenvalue weighted by atomic mass is 10.2. The second-order valence-corrected chi connectivity index (χ2v) is 8.55. The minimum absolute atomic E-state index is 0.361. The summed E-state index contributed by atoms with van der Waals surface area (Å²) in [5, 5.41) is 10.5. The number of nitrogens with zero attached hydrogens (tertiary/aromatic N) is 3. The zero-order valence-corrected chi connectivity index (χ0v) is 17.8. The van der Waals surface area contributed by atoms with Crippen molar-refractivity contribution in [3.05, 3.63) is 71.8 Å². The van der Waals surface area contributed by atoms with E-state index < -0.39 is 0 Å². The fraction of sp³-hybridized carbons (Fsp3) is 0.304. The summed E-state index contributed by atoms with van der Waals surface area (Å²) in [4.78, 5) is 0. The van der Waals surface area contributed by atoms with E-state index in [-0.39, 0.29) is 0 Å². The molecule has 1 fully saturated rings. The van der Waals surface area contributed by atoms with Gasteiger partial charge in [-0.2, -0.15) is 0 Å². The zero-order valence-electron chi connectivity index (χ0n) is 16.3. The second-order valence-electron chi connectivity index (χ2n) is 7.17. The van der Waals surface area contributed by atoms with Gasteiger partial charge in [0, 0.05) is 22.9 Å². The van der Waals surface area contributed by atoms with Crippen LogP contribution in [0.5, 0.6) is 5.75 Å². The monoisotopic (exact) mass is 425 g/mol. The highest BCUT2D eigenvalue weighted by molar-refractivity contribution is 7.98. The van der Waals surface area contributed by atoms with Crippen LogP contribution < -0.4 is 4.74 Å². The lowest BCUT2D eigenvalue weighted by Gasteiger charge is -2.13. The van der Waals surface area contributed by atoms with Gasteiger partial charge in [0.25, 0.3) is 0 Å². The smallest absolute Gasteiger partial charge is 0.192 e. The number of hydrogen-bond acceptors (Lipinski definition) is 4. The Bertz CT molecular complexity index is 965. The summed E-state index contributed by atoms with van der Waals surface area (Å²) in [6.45, 7) is 4.54. The van der Waals surface area contributed by atoms with Crippen LogP contribution in [0.15, 0.2) is 66.3 Å². The summed E-state index contributed by atoms with van der Waals surface area (Å²) < 4.78 is 8.16. The maximum absolute atomic E-state index is 6.09. The molecule has 1 aromatic heterocycles. The molecule has 29 heavy (non-hydrogen) atoms. The predicted octanol–water partition coefficient (Wildman–Crippen LogP) is 6.40. The Balaban J connectivity index is 1.50. The summed E-state index contributed by atoms with van der Waals surface area (Å²) in [6.07, 6.45) is 7.07. The third-order valence-electron chi connectivity index (χ3n) is 5.00. The first-order chi connectivity index (χ1) is 14.2. The molecular formula is C23H24ClN3OS. The van der Waals surface area contributed by atoms with Gasteiger partial charge in [-0.25, -0.2) is 0 Å². The average molecular weight is 426 g/mol. The van der Waals surface area contributed by atoms with E-state index >= 15 is 0 Å². The van der Waals surface area contributed by atoms with E-state index in [0.717, 1.165) is 51.5 Å². The molecule has 0 N–H and O–H groups in total. The van der Waals surface area contributed by atoms with Crippen molar-refractivity contribution < 1.29 is 4.74 Å². The van der Waals surface area contributed by atoms with Crippen LogP contribution in [-0.4, -0.2) is 20.9 Å². The van der Waals surface area contributed by atoms with Gasteiger partial charge >= 0.3 is 0 Å². The number of aromatic nitrogens is 3. The van der Waals surface area contributed by atoms with Crippen molar-refractivity contribution in [3.8, 4) is 17.1 Å². The highest BCUT2D eigenvalue weighted by atomic mass is 35.5. The maximum atomic E-state index is 6.09. The van der Waals surface area contributed by atoms with Gasteiger partial charge in [0.2, 0.25) is 0 Å². The molecule has 0 atom stereocenters. The van der Waals surface area contributed by atoms with Gasteiger partial charge in [0.1, 0.15) is 5.75 Å². The molecule has 0 aliphatic heterocycles. The highest BCUT2D eigenvalue weighted by Gasteiger charge is 2.17. The molecule has 2 aromatic carbocycles. The molecule has 4 rings (SSSR count). The quantitative estimate of drug-likeness (QED) is 0.309. The molecule has 0 radical (unpaired) electrons. The molecule has 4 nitrogen and oxygen atoms in total. The number of ether oxygens (including phenoxy) is 1. The summed E-state index contributed by atoms with van der Waals surface area (Å²) in [5.74, 6) is 2.54. The molecule has 0 unspecified atom stereocenters. The summed E-state index contributed by atoms with van der Waals surface area (Å²) >= 11 is 7.74.